The minimum atomic E-state index is -0.655. The maximum absolute atomic E-state index is 12.8. The van der Waals surface area contributed by atoms with Crippen LogP contribution >= 0.6 is 0 Å². The second-order valence-electron chi connectivity index (χ2n) is 6.12. The highest BCUT2D eigenvalue weighted by atomic mass is 16.5. The molecule has 1 aliphatic heterocycles. The van der Waals surface area contributed by atoms with Gasteiger partial charge in [-0.2, -0.15) is 0 Å². The highest BCUT2D eigenvalue weighted by Gasteiger charge is 2.42. The number of methoxy groups -OCH3 is 1. The Labute approximate surface area is 116 Å². The molecule has 0 radical (unpaired) electrons. The van der Waals surface area contributed by atoms with Gasteiger partial charge >= 0.3 is 0 Å². The summed E-state index contributed by atoms with van der Waals surface area (Å²) >= 11 is 0. The van der Waals surface area contributed by atoms with Gasteiger partial charge in [0.15, 0.2) is 0 Å². The van der Waals surface area contributed by atoms with Crippen LogP contribution in [0.5, 0.6) is 0 Å². The highest BCUT2D eigenvalue weighted by molar-refractivity contribution is 5.85. The van der Waals surface area contributed by atoms with Gasteiger partial charge < -0.3 is 15.0 Å². The summed E-state index contributed by atoms with van der Waals surface area (Å²) in [6.07, 6.45) is 6.76. The van der Waals surface area contributed by atoms with Crippen molar-refractivity contribution >= 4 is 5.91 Å². The fourth-order valence-electron chi connectivity index (χ4n) is 2.79. The highest BCUT2D eigenvalue weighted by Crippen LogP contribution is 2.31. The Morgan fingerprint density at radius 1 is 1.37 bits per heavy atom. The summed E-state index contributed by atoms with van der Waals surface area (Å²) in [4.78, 5) is 14.8. The first-order valence-electron chi connectivity index (χ1n) is 7.70. The third-order valence-electron chi connectivity index (χ3n) is 4.66. The predicted molar refractivity (Wildman–Crippen MR) is 76.1 cm³/mol. The van der Waals surface area contributed by atoms with Crippen LogP contribution in [0.2, 0.25) is 0 Å². The summed E-state index contributed by atoms with van der Waals surface area (Å²) in [6.45, 7) is 5.87. The zero-order valence-electron chi connectivity index (χ0n) is 12.6. The van der Waals surface area contributed by atoms with Crippen molar-refractivity contribution in [3.63, 3.8) is 0 Å². The van der Waals surface area contributed by atoms with Crippen LogP contribution in [0.4, 0.5) is 0 Å². The fourth-order valence-corrected chi connectivity index (χ4v) is 2.79. The number of piperidine rings is 1. The number of carbonyl (C=O) groups excluding carboxylic acids is 1. The quantitative estimate of drug-likeness (QED) is 0.800. The van der Waals surface area contributed by atoms with Crippen molar-refractivity contribution in [3.05, 3.63) is 0 Å². The van der Waals surface area contributed by atoms with Crippen molar-refractivity contribution in [2.75, 3.05) is 20.2 Å². The lowest BCUT2D eigenvalue weighted by Gasteiger charge is -2.36. The maximum Gasteiger partial charge on any atom is 0.254 e. The summed E-state index contributed by atoms with van der Waals surface area (Å²) in [5, 5.41) is 3.54. The Balaban J connectivity index is 2.00. The number of nitrogens with one attached hydrogen (secondary N) is 1. The molecule has 2 unspecified atom stereocenters. The average Bonchev–Trinajstić information content (AvgIpc) is 3.29. The number of rotatable bonds is 6. The molecule has 2 rings (SSSR count). The molecule has 19 heavy (non-hydrogen) atoms. The van der Waals surface area contributed by atoms with Crippen LogP contribution in [-0.2, 0) is 9.53 Å². The van der Waals surface area contributed by atoms with E-state index in [1.54, 1.807) is 7.11 Å². The maximum atomic E-state index is 12.8. The lowest BCUT2D eigenvalue weighted by atomic mass is 9.99. The van der Waals surface area contributed by atoms with Crippen molar-refractivity contribution in [2.24, 2.45) is 0 Å². The molecule has 0 aromatic carbocycles. The minimum Gasteiger partial charge on any atom is -0.369 e. The van der Waals surface area contributed by atoms with Gasteiger partial charge in [0, 0.05) is 25.7 Å². The molecule has 0 aromatic heterocycles. The Morgan fingerprint density at radius 2 is 2.11 bits per heavy atom. The lowest BCUT2D eigenvalue weighted by Crippen LogP contribution is -2.53. The number of ether oxygens (including phenoxy) is 1. The molecule has 110 valence electrons. The molecule has 4 nitrogen and oxygen atoms in total. The number of hydrogen-bond donors (Lipinski definition) is 1. The van der Waals surface area contributed by atoms with Gasteiger partial charge in [0.25, 0.3) is 5.91 Å². The van der Waals surface area contributed by atoms with Crippen molar-refractivity contribution in [1.82, 2.24) is 10.2 Å². The van der Waals surface area contributed by atoms with E-state index in [0.717, 1.165) is 32.4 Å². The Kier molecular flexibility index (Phi) is 4.85. The van der Waals surface area contributed by atoms with E-state index >= 15 is 0 Å². The molecule has 4 heteroatoms. The molecule has 0 bridgehead atoms. The second kappa shape index (κ2) is 6.23. The Bertz CT molecular complexity index is 305. The number of amides is 1. The van der Waals surface area contributed by atoms with Crippen molar-refractivity contribution in [2.45, 2.75) is 70.1 Å². The molecular weight excluding hydrogens is 240 g/mol. The minimum absolute atomic E-state index is 0.173. The smallest absolute Gasteiger partial charge is 0.254 e. The standard InChI is InChI=1S/C15H28N2O2/c1-4-15(2,19-3)14(18)17(13-8-9-13)11-12-7-5-6-10-16-12/h12-13,16H,4-11H2,1-3H3. The Hall–Kier alpha value is -0.610. The van der Waals surface area contributed by atoms with E-state index in [4.69, 9.17) is 4.74 Å². The molecule has 1 aliphatic carbocycles. The van der Waals surface area contributed by atoms with E-state index in [9.17, 15) is 4.79 Å². The summed E-state index contributed by atoms with van der Waals surface area (Å²) in [7, 11) is 1.64. The first-order valence-corrected chi connectivity index (χ1v) is 7.70. The van der Waals surface area contributed by atoms with Crippen LogP contribution < -0.4 is 5.32 Å². The average molecular weight is 268 g/mol. The van der Waals surface area contributed by atoms with E-state index in [0.29, 0.717) is 12.1 Å². The summed E-state index contributed by atoms with van der Waals surface area (Å²) in [5.74, 6) is 0.173. The third kappa shape index (κ3) is 3.48. The third-order valence-corrected chi connectivity index (χ3v) is 4.66. The van der Waals surface area contributed by atoms with E-state index in [1.165, 1.54) is 19.3 Å². The van der Waals surface area contributed by atoms with Crippen molar-refractivity contribution < 1.29 is 9.53 Å². The van der Waals surface area contributed by atoms with Gasteiger partial charge in [-0.15, -0.1) is 0 Å². The molecule has 0 spiro atoms. The van der Waals surface area contributed by atoms with Crippen molar-refractivity contribution in [1.29, 1.82) is 0 Å². The zero-order chi connectivity index (χ0) is 13.9. The van der Waals surface area contributed by atoms with Gasteiger partial charge in [-0.05, 0) is 45.6 Å². The van der Waals surface area contributed by atoms with Gasteiger partial charge in [-0.1, -0.05) is 13.3 Å². The molecule has 1 amide bonds. The number of hydrogen-bond acceptors (Lipinski definition) is 3. The first-order chi connectivity index (χ1) is 9.10. The molecule has 2 atom stereocenters. The van der Waals surface area contributed by atoms with Crippen LogP contribution in [0.3, 0.4) is 0 Å². The number of nitrogens with zero attached hydrogens (tertiary/aromatic N) is 1. The van der Waals surface area contributed by atoms with Crippen LogP contribution in [0.1, 0.15) is 52.4 Å². The topological polar surface area (TPSA) is 41.6 Å². The molecule has 1 saturated heterocycles. The molecule has 0 aromatic rings. The fraction of sp³-hybridized carbons (Fsp3) is 0.933. The largest absolute Gasteiger partial charge is 0.369 e. The van der Waals surface area contributed by atoms with Gasteiger partial charge in [0.1, 0.15) is 5.60 Å². The summed E-state index contributed by atoms with van der Waals surface area (Å²) < 4.78 is 5.49. The predicted octanol–water partition coefficient (Wildman–Crippen LogP) is 1.93. The molecular formula is C15H28N2O2. The second-order valence-corrected chi connectivity index (χ2v) is 6.12. The van der Waals surface area contributed by atoms with E-state index in [-0.39, 0.29) is 5.91 Å². The summed E-state index contributed by atoms with van der Waals surface area (Å²) in [5.41, 5.74) is -0.655. The summed E-state index contributed by atoms with van der Waals surface area (Å²) in [6, 6.07) is 0.925. The Morgan fingerprint density at radius 3 is 2.58 bits per heavy atom. The zero-order valence-corrected chi connectivity index (χ0v) is 12.6. The SMILES string of the molecule is CCC(C)(OC)C(=O)N(CC1CCCCN1)C1CC1. The van der Waals surface area contributed by atoms with E-state index in [1.807, 2.05) is 13.8 Å². The molecule has 1 heterocycles. The first kappa shape index (κ1) is 14.8. The number of carbonyl (C=O) groups is 1. The molecule has 2 fully saturated rings. The van der Waals surface area contributed by atoms with Crippen LogP contribution in [0.15, 0.2) is 0 Å². The monoisotopic (exact) mass is 268 g/mol. The molecule has 1 N–H and O–H groups in total. The van der Waals surface area contributed by atoms with Crippen LogP contribution in [0.25, 0.3) is 0 Å². The molecule has 2 aliphatic rings. The van der Waals surface area contributed by atoms with E-state index < -0.39 is 5.60 Å². The lowest BCUT2D eigenvalue weighted by molar-refractivity contribution is -0.154. The van der Waals surface area contributed by atoms with Gasteiger partial charge in [-0.25, -0.2) is 0 Å². The van der Waals surface area contributed by atoms with Gasteiger partial charge in [0.05, 0.1) is 0 Å². The normalized spacial score (nSPS) is 26.8. The van der Waals surface area contributed by atoms with Crippen LogP contribution in [-0.4, -0.2) is 48.7 Å². The molecule has 1 saturated carbocycles. The van der Waals surface area contributed by atoms with Gasteiger partial charge in [0.2, 0.25) is 0 Å². The van der Waals surface area contributed by atoms with Crippen molar-refractivity contribution in [3.8, 4) is 0 Å². The van der Waals surface area contributed by atoms with Crippen LogP contribution in [0, 0.1) is 0 Å². The van der Waals surface area contributed by atoms with Gasteiger partial charge in [-0.3, -0.25) is 4.79 Å². The van der Waals surface area contributed by atoms with E-state index in [2.05, 4.69) is 10.2 Å².